The summed E-state index contributed by atoms with van der Waals surface area (Å²) in [5, 5.41) is 0. The molecule has 176 valence electrons. The van der Waals surface area contributed by atoms with Crippen LogP contribution in [0.3, 0.4) is 0 Å². The van der Waals surface area contributed by atoms with E-state index in [1.54, 1.807) is 13.8 Å². The van der Waals surface area contributed by atoms with Crippen LogP contribution in [0.15, 0.2) is 48.8 Å². The van der Waals surface area contributed by atoms with E-state index in [-0.39, 0.29) is 18.2 Å². The third-order valence-corrected chi connectivity index (χ3v) is 5.05. The zero-order chi connectivity index (χ0) is 24.1. The number of H-pyrrole nitrogens is 1. The van der Waals surface area contributed by atoms with Gasteiger partial charge in [-0.25, -0.2) is 4.98 Å². The number of ether oxygens (including phenoxy) is 3. The lowest BCUT2D eigenvalue weighted by molar-refractivity contribution is -0.152. The SMILES string of the molecule is COC(=O)C(C)(C)COc1ccc(-c2ccc(-c3nc(CCOC(C)(C)C)c[nH]3)cn2)cc1. The molecule has 0 aliphatic rings. The van der Waals surface area contributed by atoms with E-state index < -0.39 is 5.41 Å². The van der Waals surface area contributed by atoms with Crippen LogP contribution in [-0.4, -0.2) is 46.8 Å². The standard InChI is InChI=1S/C26H33N3O4/c1-25(2,3)33-14-13-20-16-28-23(29-20)19-9-12-22(27-15-19)18-7-10-21(11-8-18)32-17-26(4,5)24(30)31-6/h7-12,15-16H,13-14,17H2,1-6H3,(H,28,29). The molecule has 0 saturated heterocycles. The molecule has 7 heteroatoms. The van der Waals surface area contributed by atoms with Gasteiger partial charge in [0, 0.05) is 29.9 Å². The first kappa shape index (κ1) is 24.5. The highest BCUT2D eigenvalue weighted by atomic mass is 16.5. The number of rotatable bonds is 9. The number of aromatic amines is 1. The molecule has 0 fully saturated rings. The third kappa shape index (κ3) is 6.89. The second-order valence-corrected chi connectivity index (χ2v) is 9.57. The molecule has 33 heavy (non-hydrogen) atoms. The van der Waals surface area contributed by atoms with E-state index in [9.17, 15) is 4.79 Å². The van der Waals surface area contributed by atoms with E-state index in [1.807, 2.05) is 69.6 Å². The number of carbonyl (C=O) groups is 1. The largest absolute Gasteiger partial charge is 0.492 e. The minimum Gasteiger partial charge on any atom is -0.492 e. The number of pyridine rings is 1. The minimum absolute atomic E-state index is 0.150. The summed E-state index contributed by atoms with van der Waals surface area (Å²) in [5.41, 5.74) is 2.85. The maximum atomic E-state index is 11.8. The van der Waals surface area contributed by atoms with Crippen LogP contribution in [-0.2, 0) is 20.7 Å². The lowest BCUT2D eigenvalue weighted by atomic mass is 9.95. The van der Waals surface area contributed by atoms with Gasteiger partial charge in [0.15, 0.2) is 0 Å². The molecule has 1 aromatic carbocycles. The highest BCUT2D eigenvalue weighted by Crippen LogP contribution is 2.25. The van der Waals surface area contributed by atoms with Gasteiger partial charge in [0.05, 0.1) is 36.1 Å². The predicted octanol–water partition coefficient (Wildman–Crippen LogP) is 5.07. The minimum atomic E-state index is -0.712. The van der Waals surface area contributed by atoms with Crippen LogP contribution >= 0.6 is 0 Å². The Kier molecular flexibility index (Phi) is 7.53. The van der Waals surface area contributed by atoms with Crippen molar-refractivity contribution >= 4 is 5.97 Å². The maximum absolute atomic E-state index is 11.8. The van der Waals surface area contributed by atoms with Crippen molar-refractivity contribution < 1.29 is 19.0 Å². The topological polar surface area (TPSA) is 86.3 Å². The van der Waals surface area contributed by atoms with Crippen LogP contribution in [0.5, 0.6) is 5.75 Å². The van der Waals surface area contributed by atoms with Crippen LogP contribution in [0.2, 0.25) is 0 Å². The Labute approximate surface area is 195 Å². The number of carbonyl (C=O) groups excluding carboxylic acids is 1. The summed E-state index contributed by atoms with van der Waals surface area (Å²) in [4.78, 5) is 24.2. The molecule has 3 rings (SSSR count). The highest BCUT2D eigenvalue weighted by molar-refractivity contribution is 5.76. The second-order valence-electron chi connectivity index (χ2n) is 9.57. The van der Waals surface area contributed by atoms with Crippen LogP contribution in [0.1, 0.15) is 40.3 Å². The summed E-state index contributed by atoms with van der Waals surface area (Å²) in [5.74, 6) is 1.17. The van der Waals surface area contributed by atoms with E-state index >= 15 is 0 Å². The first-order valence-corrected chi connectivity index (χ1v) is 11.0. The number of hydrogen-bond acceptors (Lipinski definition) is 6. The Bertz CT molecular complexity index is 1050. The zero-order valence-corrected chi connectivity index (χ0v) is 20.3. The summed E-state index contributed by atoms with van der Waals surface area (Å²) < 4.78 is 16.4. The molecular weight excluding hydrogens is 418 g/mol. The average Bonchev–Trinajstić information content (AvgIpc) is 3.25. The molecule has 7 nitrogen and oxygen atoms in total. The Morgan fingerprint density at radius 3 is 2.30 bits per heavy atom. The third-order valence-electron chi connectivity index (χ3n) is 5.05. The van der Waals surface area contributed by atoms with Crippen molar-refractivity contribution in [3.05, 3.63) is 54.5 Å². The van der Waals surface area contributed by atoms with Gasteiger partial charge in [-0.3, -0.25) is 9.78 Å². The monoisotopic (exact) mass is 451 g/mol. The molecule has 1 N–H and O–H groups in total. The van der Waals surface area contributed by atoms with E-state index in [4.69, 9.17) is 14.2 Å². The molecular formula is C26H33N3O4. The summed E-state index contributed by atoms with van der Waals surface area (Å²) in [7, 11) is 1.38. The highest BCUT2D eigenvalue weighted by Gasteiger charge is 2.29. The second kappa shape index (κ2) is 10.2. The van der Waals surface area contributed by atoms with Crippen molar-refractivity contribution in [2.75, 3.05) is 20.3 Å². The van der Waals surface area contributed by atoms with Crippen molar-refractivity contribution in [3.8, 4) is 28.4 Å². The predicted molar refractivity (Wildman–Crippen MR) is 128 cm³/mol. The number of nitrogens with one attached hydrogen (secondary N) is 1. The number of hydrogen-bond donors (Lipinski definition) is 1. The van der Waals surface area contributed by atoms with Crippen LogP contribution in [0.25, 0.3) is 22.6 Å². The number of imidazole rings is 1. The smallest absolute Gasteiger partial charge is 0.314 e. The van der Waals surface area contributed by atoms with Crippen molar-refractivity contribution in [3.63, 3.8) is 0 Å². The molecule has 2 aromatic heterocycles. The fourth-order valence-electron chi connectivity index (χ4n) is 3.12. The first-order chi connectivity index (χ1) is 15.6. The Morgan fingerprint density at radius 1 is 1.00 bits per heavy atom. The van der Waals surface area contributed by atoms with Crippen molar-refractivity contribution in [1.29, 1.82) is 0 Å². The quantitative estimate of drug-likeness (QED) is 0.457. The van der Waals surface area contributed by atoms with Gasteiger partial charge in [0.2, 0.25) is 0 Å². The normalized spacial score (nSPS) is 11.9. The fourth-order valence-corrected chi connectivity index (χ4v) is 3.12. The molecule has 2 heterocycles. The van der Waals surface area contributed by atoms with Gasteiger partial charge in [-0.1, -0.05) is 0 Å². The van der Waals surface area contributed by atoms with Crippen LogP contribution < -0.4 is 4.74 Å². The molecule has 0 saturated carbocycles. The van der Waals surface area contributed by atoms with Gasteiger partial charge in [-0.05, 0) is 71.0 Å². The summed E-state index contributed by atoms with van der Waals surface area (Å²) in [6.07, 6.45) is 4.48. The molecule has 0 aliphatic heterocycles. The number of esters is 1. The van der Waals surface area contributed by atoms with Crippen LogP contribution in [0.4, 0.5) is 0 Å². The van der Waals surface area contributed by atoms with Gasteiger partial charge < -0.3 is 19.2 Å². The van der Waals surface area contributed by atoms with Crippen LogP contribution in [0, 0.1) is 5.41 Å². The Hall–Kier alpha value is -3.19. The molecule has 0 atom stereocenters. The number of aromatic nitrogens is 3. The molecule has 3 aromatic rings. The molecule has 0 amide bonds. The van der Waals surface area contributed by atoms with Gasteiger partial charge in [-0.15, -0.1) is 0 Å². The van der Waals surface area contributed by atoms with Gasteiger partial charge in [-0.2, -0.15) is 0 Å². The van der Waals surface area contributed by atoms with Crippen molar-refractivity contribution in [2.45, 2.75) is 46.6 Å². The lowest BCUT2D eigenvalue weighted by Gasteiger charge is -2.21. The summed E-state index contributed by atoms with van der Waals surface area (Å²) in [6.45, 7) is 10.6. The molecule has 0 radical (unpaired) electrons. The fraction of sp³-hybridized carbons (Fsp3) is 0.423. The average molecular weight is 452 g/mol. The van der Waals surface area contributed by atoms with E-state index in [2.05, 4.69) is 15.0 Å². The molecule has 0 unspecified atom stereocenters. The summed E-state index contributed by atoms with van der Waals surface area (Å²) >= 11 is 0. The Balaban J connectivity index is 1.59. The van der Waals surface area contributed by atoms with E-state index in [0.717, 1.165) is 34.8 Å². The van der Waals surface area contributed by atoms with E-state index in [1.165, 1.54) is 7.11 Å². The molecule has 0 spiro atoms. The number of benzene rings is 1. The molecule has 0 bridgehead atoms. The first-order valence-electron chi connectivity index (χ1n) is 11.0. The Morgan fingerprint density at radius 2 is 1.70 bits per heavy atom. The lowest BCUT2D eigenvalue weighted by Crippen LogP contribution is -2.32. The van der Waals surface area contributed by atoms with Gasteiger partial charge >= 0.3 is 5.97 Å². The zero-order valence-electron chi connectivity index (χ0n) is 20.3. The van der Waals surface area contributed by atoms with E-state index in [0.29, 0.717) is 12.4 Å². The summed E-state index contributed by atoms with van der Waals surface area (Å²) in [6, 6.07) is 11.6. The number of methoxy groups -OCH3 is 1. The molecule has 0 aliphatic carbocycles. The van der Waals surface area contributed by atoms with Crippen molar-refractivity contribution in [1.82, 2.24) is 15.0 Å². The van der Waals surface area contributed by atoms with Crippen molar-refractivity contribution in [2.24, 2.45) is 5.41 Å². The van der Waals surface area contributed by atoms with Gasteiger partial charge in [0.25, 0.3) is 0 Å². The number of nitrogens with zero attached hydrogens (tertiary/aromatic N) is 2. The van der Waals surface area contributed by atoms with Gasteiger partial charge in [0.1, 0.15) is 18.2 Å². The maximum Gasteiger partial charge on any atom is 0.314 e.